The van der Waals surface area contributed by atoms with Gasteiger partial charge >= 0.3 is 0 Å². The van der Waals surface area contributed by atoms with E-state index in [0.29, 0.717) is 24.6 Å². The van der Waals surface area contributed by atoms with Crippen molar-refractivity contribution in [1.82, 2.24) is 9.97 Å². The lowest BCUT2D eigenvalue weighted by atomic mass is 9.88. The summed E-state index contributed by atoms with van der Waals surface area (Å²) in [7, 11) is 0. The highest BCUT2D eigenvalue weighted by Gasteiger charge is 2.39. The van der Waals surface area contributed by atoms with Crippen LogP contribution in [0.4, 0.5) is 10.2 Å². The first kappa shape index (κ1) is 10.3. The Morgan fingerprint density at radius 1 is 1.53 bits per heavy atom. The molecule has 0 bridgehead atoms. The van der Waals surface area contributed by atoms with Crippen LogP contribution in [0.1, 0.15) is 19.0 Å². The molecule has 2 heterocycles. The summed E-state index contributed by atoms with van der Waals surface area (Å²) in [5.74, 6) is 0.0349. The molecule has 1 aromatic rings. The van der Waals surface area contributed by atoms with Crippen LogP contribution in [-0.2, 0) is 0 Å². The first-order valence-corrected chi connectivity index (χ1v) is 5.07. The van der Waals surface area contributed by atoms with E-state index in [1.165, 1.54) is 6.33 Å². The molecule has 15 heavy (non-hydrogen) atoms. The molecule has 0 spiro atoms. The summed E-state index contributed by atoms with van der Waals surface area (Å²) in [5, 5.41) is 0. The molecule has 1 aromatic heterocycles. The monoisotopic (exact) mass is 210 g/mol. The minimum absolute atomic E-state index is 0.175. The summed E-state index contributed by atoms with van der Waals surface area (Å²) in [6.07, 6.45) is 2.28. The van der Waals surface area contributed by atoms with E-state index in [4.69, 9.17) is 5.73 Å². The van der Waals surface area contributed by atoms with Gasteiger partial charge in [0.05, 0.1) is 11.2 Å². The van der Waals surface area contributed by atoms with Crippen molar-refractivity contribution in [3.05, 3.63) is 17.8 Å². The zero-order valence-electron chi connectivity index (χ0n) is 9.00. The first-order chi connectivity index (χ1) is 7.06. The third-order valence-electron chi connectivity index (χ3n) is 2.96. The van der Waals surface area contributed by atoms with Crippen LogP contribution in [0, 0.1) is 12.7 Å². The summed E-state index contributed by atoms with van der Waals surface area (Å²) in [4.78, 5) is 9.59. The van der Waals surface area contributed by atoms with Crippen LogP contribution >= 0.6 is 0 Å². The van der Waals surface area contributed by atoms with Gasteiger partial charge in [0.1, 0.15) is 6.33 Å². The number of hydrogen-bond acceptors (Lipinski definition) is 4. The van der Waals surface area contributed by atoms with Gasteiger partial charge in [0.2, 0.25) is 0 Å². The van der Waals surface area contributed by atoms with Crippen LogP contribution in [-0.4, -0.2) is 28.6 Å². The van der Waals surface area contributed by atoms with E-state index in [-0.39, 0.29) is 11.4 Å². The van der Waals surface area contributed by atoms with E-state index in [0.717, 1.165) is 6.42 Å². The lowest BCUT2D eigenvalue weighted by Crippen LogP contribution is -2.67. The van der Waals surface area contributed by atoms with Gasteiger partial charge in [-0.05, 0) is 13.3 Å². The second-order valence-corrected chi connectivity index (χ2v) is 4.17. The zero-order valence-corrected chi connectivity index (χ0v) is 9.00. The molecule has 4 nitrogen and oxygen atoms in total. The molecule has 0 atom stereocenters. The van der Waals surface area contributed by atoms with Crippen LogP contribution in [0.25, 0.3) is 0 Å². The van der Waals surface area contributed by atoms with Crippen molar-refractivity contribution in [2.75, 3.05) is 18.0 Å². The molecule has 2 rings (SSSR count). The number of anilines is 1. The van der Waals surface area contributed by atoms with Crippen LogP contribution in [0.15, 0.2) is 6.33 Å². The van der Waals surface area contributed by atoms with Gasteiger partial charge < -0.3 is 10.6 Å². The Kier molecular flexibility index (Phi) is 2.34. The van der Waals surface area contributed by atoms with Gasteiger partial charge in [-0.15, -0.1) is 0 Å². The fraction of sp³-hybridized carbons (Fsp3) is 0.600. The Bertz CT molecular complexity index is 374. The SMILES string of the molecule is CCC1(N)CN(c2ncnc(C)c2F)C1. The van der Waals surface area contributed by atoms with E-state index in [1.807, 2.05) is 11.8 Å². The van der Waals surface area contributed by atoms with Gasteiger partial charge in [0.15, 0.2) is 11.6 Å². The van der Waals surface area contributed by atoms with Crippen molar-refractivity contribution in [1.29, 1.82) is 0 Å². The Morgan fingerprint density at radius 3 is 2.80 bits per heavy atom. The summed E-state index contributed by atoms with van der Waals surface area (Å²) < 4.78 is 13.6. The molecule has 0 saturated carbocycles. The molecule has 0 aliphatic carbocycles. The molecule has 1 aliphatic heterocycles. The van der Waals surface area contributed by atoms with Gasteiger partial charge in [-0.3, -0.25) is 0 Å². The van der Waals surface area contributed by atoms with E-state index in [9.17, 15) is 4.39 Å². The molecule has 0 aromatic carbocycles. The number of hydrogen-bond donors (Lipinski definition) is 1. The Labute approximate surface area is 88.3 Å². The molecule has 82 valence electrons. The van der Waals surface area contributed by atoms with Crippen LogP contribution in [0.2, 0.25) is 0 Å². The molecule has 5 heteroatoms. The van der Waals surface area contributed by atoms with Crippen molar-refractivity contribution < 1.29 is 4.39 Å². The minimum atomic E-state index is -0.337. The molecule has 0 radical (unpaired) electrons. The maximum Gasteiger partial charge on any atom is 0.186 e. The molecule has 0 amide bonds. The average molecular weight is 210 g/mol. The summed E-state index contributed by atoms with van der Waals surface area (Å²) in [5.41, 5.74) is 6.22. The molecule has 0 unspecified atom stereocenters. The topological polar surface area (TPSA) is 55.0 Å². The number of aromatic nitrogens is 2. The quantitative estimate of drug-likeness (QED) is 0.786. The first-order valence-electron chi connectivity index (χ1n) is 5.07. The minimum Gasteiger partial charge on any atom is -0.350 e. The largest absolute Gasteiger partial charge is 0.350 e. The van der Waals surface area contributed by atoms with Gasteiger partial charge in [-0.2, -0.15) is 0 Å². The number of aryl methyl sites for hydroxylation is 1. The van der Waals surface area contributed by atoms with E-state index in [1.54, 1.807) is 6.92 Å². The lowest BCUT2D eigenvalue weighted by molar-refractivity contribution is 0.316. The highest BCUT2D eigenvalue weighted by atomic mass is 19.1. The van der Waals surface area contributed by atoms with Crippen molar-refractivity contribution in [2.24, 2.45) is 5.73 Å². The number of nitrogens with two attached hydrogens (primary N) is 1. The second-order valence-electron chi connectivity index (χ2n) is 4.17. The van der Waals surface area contributed by atoms with Crippen molar-refractivity contribution in [3.63, 3.8) is 0 Å². The normalized spacial score (nSPS) is 18.8. The third kappa shape index (κ3) is 1.67. The second kappa shape index (κ2) is 3.41. The van der Waals surface area contributed by atoms with Crippen LogP contribution < -0.4 is 10.6 Å². The zero-order chi connectivity index (χ0) is 11.1. The van der Waals surface area contributed by atoms with Crippen molar-refractivity contribution >= 4 is 5.82 Å². The highest BCUT2D eigenvalue weighted by Crippen LogP contribution is 2.28. The van der Waals surface area contributed by atoms with Crippen LogP contribution in [0.5, 0.6) is 0 Å². The van der Waals surface area contributed by atoms with Gasteiger partial charge in [0, 0.05) is 13.1 Å². The summed E-state index contributed by atoms with van der Waals surface area (Å²) >= 11 is 0. The lowest BCUT2D eigenvalue weighted by Gasteiger charge is -2.48. The van der Waals surface area contributed by atoms with Gasteiger partial charge in [-0.1, -0.05) is 6.92 Å². The molecular weight excluding hydrogens is 195 g/mol. The predicted molar refractivity (Wildman–Crippen MR) is 56.1 cm³/mol. The fourth-order valence-corrected chi connectivity index (χ4v) is 1.75. The number of nitrogens with zero attached hydrogens (tertiary/aromatic N) is 3. The smallest absolute Gasteiger partial charge is 0.186 e. The van der Waals surface area contributed by atoms with Gasteiger partial charge in [-0.25, -0.2) is 14.4 Å². The Hall–Kier alpha value is -1.23. The summed E-state index contributed by atoms with van der Waals surface area (Å²) in [6, 6.07) is 0. The molecule has 1 aliphatic rings. The van der Waals surface area contributed by atoms with E-state index >= 15 is 0 Å². The Morgan fingerprint density at radius 2 is 2.20 bits per heavy atom. The highest BCUT2D eigenvalue weighted by molar-refractivity contribution is 5.46. The van der Waals surface area contributed by atoms with E-state index < -0.39 is 0 Å². The molecule has 2 N–H and O–H groups in total. The van der Waals surface area contributed by atoms with Crippen molar-refractivity contribution in [3.8, 4) is 0 Å². The third-order valence-corrected chi connectivity index (χ3v) is 2.96. The average Bonchev–Trinajstić information content (AvgIpc) is 2.18. The predicted octanol–water partition coefficient (Wildman–Crippen LogP) is 0.852. The number of rotatable bonds is 2. The standard InChI is InChI=1S/C10H15FN4/c1-3-10(12)4-15(5-10)9-8(11)7(2)13-6-14-9/h6H,3-5,12H2,1-2H3. The van der Waals surface area contributed by atoms with Gasteiger partial charge in [0.25, 0.3) is 0 Å². The molecular formula is C10H15FN4. The fourth-order valence-electron chi connectivity index (χ4n) is 1.75. The van der Waals surface area contributed by atoms with E-state index in [2.05, 4.69) is 9.97 Å². The maximum atomic E-state index is 13.6. The van der Waals surface area contributed by atoms with Crippen molar-refractivity contribution in [2.45, 2.75) is 25.8 Å². The maximum absolute atomic E-state index is 13.6. The summed E-state index contributed by atoms with van der Waals surface area (Å²) in [6.45, 7) is 5.00. The number of halogens is 1. The molecule has 1 fully saturated rings. The Balaban J connectivity index is 2.17. The van der Waals surface area contributed by atoms with Crippen LogP contribution in [0.3, 0.4) is 0 Å². The molecule has 1 saturated heterocycles.